The molecule has 0 unspecified atom stereocenters. The number of anilines is 3. The van der Waals surface area contributed by atoms with Crippen molar-refractivity contribution in [1.29, 1.82) is 0 Å². The summed E-state index contributed by atoms with van der Waals surface area (Å²) in [5.41, 5.74) is 45.9. The quantitative estimate of drug-likeness (QED) is 0.0125. The van der Waals surface area contributed by atoms with E-state index in [9.17, 15) is 67.6 Å². The fraction of sp³-hybridized carbons (Fsp3) is 0.407. The van der Waals surface area contributed by atoms with Crippen molar-refractivity contribution in [3.05, 3.63) is 160 Å². The maximum Gasteiger partial charge on any atom is 0.524 e. The molecule has 12 aromatic rings. The maximum absolute atomic E-state index is 11.8. The monoisotopic (exact) mass is 1750 g/mol. The van der Waals surface area contributed by atoms with E-state index in [1.165, 1.54) is 48.5 Å². The number of nitrogens with two attached hydrogens (primary N) is 6. The summed E-state index contributed by atoms with van der Waals surface area (Å²) in [6.45, 7) is 12.2. The molecule has 121 heavy (non-hydrogen) atoms. The molecule has 0 fully saturated rings. The van der Waals surface area contributed by atoms with Crippen molar-refractivity contribution >= 4 is 115 Å². The molecule has 6 aromatic heterocycles. The molecule has 0 spiro atoms. The first-order valence-electron chi connectivity index (χ1n) is 40.1. The number of phenolic OH excluding ortho intramolecular Hbond substituents is 2. The zero-order valence-corrected chi connectivity index (χ0v) is 71.4. The second kappa shape index (κ2) is 43.5. The maximum atomic E-state index is 11.8. The molecule has 22 N–H and O–H groups in total. The molecule has 12 rings (SSSR count). The van der Waals surface area contributed by atoms with E-state index in [-0.39, 0.29) is 65.5 Å². The Morgan fingerprint density at radius 1 is 0.347 bits per heavy atom. The van der Waals surface area contributed by atoms with Crippen LogP contribution in [0.5, 0.6) is 34.5 Å². The van der Waals surface area contributed by atoms with Gasteiger partial charge in [-0.05, 0) is 204 Å². The molecule has 0 aliphatic rings. The Morgan fingerprint density at radius 2 is 0.661 bits per heavy atom. The topological polar surface area (TPSA) is 583 Å². The first-order valence-corrected chi connectivity index (χ1v) is 46.2. The molecule has 654 valence electrons. The zero-order valence-electron chi connectivity index (χ0n) is 67.8. The number of hydrogen-bond acceptors (Lipinski definition) is 25. The number of nitrogens with zero attached hydrogens (tertiary/aromatic N) is 9. The van der Waals surface area contributed by atoms with Gasteiger partial charge in [-0.2, -0.15) is 0 Å². The van der Waals surface area contributed by atoms with Gasteiger partial charge in [-0.1, -0.05) is 58.2 Å². The Balaban J connectivity index is 0.000000191. The van der Waals surface area contributed by atoms with E-state index >= 15 is 0 Å². The van der Waals surface area contributed by atoms with Gasteiger partial charge in [0.25, 0.3) is 0 Å². The fourth-order valence-corrected chi connectivity index (χ4v) is 15.6. The van der Waals surface area contributed by atoms with E-state index in [1.807, 2.05) is 63.1 Å². The molecule has 0 aliphatic heterocycles. The van der Waals surface area contributed by atoms with Gasteiger partial charge >= 0.3 is 31.3 Å². The summed E-state index contributed by atoms with van der Waals surface area (Å²) in [4.78, 5) is 103. The highest BCUT2D eigenvalue weighted by molar-refractivity contribution is 7.47. The van der Waals surface area contributed by atoms with Crippen LogP contribution < -0.4 is 52.5 Å². The van der Waals surface area contributed by atoms with E-state index in [1.54, 1.807) is 0 Å². The normalized spacial score (nSPS) is 12.1. The molecular weight excluding hydrogens is 1640 g/mol. The van der Waals surface area contributed by atoms with Gasteiger partial charge in [-0.25, -0.2) is 48.2 Å². The Kier molecular flexibility index (Phi) is 33.7. The van der Waals surface area contributed by atoms with Crippen LogP contribution in [0.1, 0.15) is 149 Å². The molecular formula is C81H109N15O21P4. The molecule has 0 amide bonds. The van der Waals surface area contributed by atoms with Crippen LogP contribution in [-0.2, 0) is 90.6 Å². The number of fused-ring (bicyclic) bond motifs is 9. The van der Waals surface area contributed by atoms with E-state index < -0.39 is 31.3 Å². The number of pyridine rings is 3. The Hall–Kier alpha value is -9.48. The minimum absolute atomic E-state index is 0.0221. The number of phosphoric acid groups is 4. The average molecular weight is 1750 g/mol. The van der Waals surface area contributed by atoms with E-state index in [4.69, 9.17) is 81.7 Å². The lowest BCUT2D eigenvalue weighted by atomic mass is 10.1. The zero-order chi connectivity index (χ0) is 87.2. The first kappa shape index (κ1) is 93.8. The molecule has 0 bridgehead atoms. The number of nitrogen functional groups attached to an aromatic ring is 3. The Labute approximate surface area is 698 Å². The summed E-state index contributed by atoms with van der Waals surface area (Å²) in [5.74, 6) is 2.51. The third kappa shape index (κ3) is 26.8. The predicted molar refractivity (Wildman–Crippen MR) is 463 cm³/mol. The average Bonchev–Trinajstić information content (AvgIpc) is 1.65. The van der Waals surface area contributed by atoms with Crippen molar-refractivity contribution in [3.63, 3.8) is 0 Å². The number of ether oxygens (including phenoxy) is 3. The lowest BCUT2D eigenvalue weighted by molar-refractivity contribution is 0.131. The van der Waals surface area contributed by atoms with Crippen LogP contribution in [0.3, 0.4) is 0 Å². The second-order valence-corrected chi connectivity index (χ2v) is 33.7. The number of imidazole rings is 3. The largest absolute Gasteiger partial charge is 0.524 e. The van der Waals surface area contributed by atoms with Gasteiger partial charge < -0.3 is 90.6 Å². The van der Waals surface area contributed by atoms with Crippen LogP contribution in [0.4, 0.5) is 17.5 Å². The highest BCUT2D eigenvalue weighted by atomic mass is 31.2. The van der Waals surface area contributed by atoms with Crippen LogP contribution in [-0.4, -0.2) is 152 Å². The summed E-state index contributed by atoms with van der Waals surface area (Å²) in [6.07, 6.45) is 14.7. The molecule has 36 nitrogen and oxygen atoms in total. The molecule has 0 atom stereocenters. The molecule has 40 heteroatoms. The van der Waals surface area contributed by atoms with Gasteiger partial charge in [-0.15, -0.1) is 0 Å². The summed E-state index contributed by atoms with van der Waals surface area (Å²) in [5, 5.41) is 23.3. The summed E-state index contributed by atoms with van der Waals surface area (Å²) < 4.78 is 88.4. The predicted octanol–water partition coefficient (Wildman–Crippen LogP) is 11.9. The van der Waals surface area contributed by atoms with E-state index in [0.29, 0.717) is 140 Å². The third-order valence-corrected chi connectivity index (χ3v) is 21.3. The summed E-state index contributed by atoms with van der Waals surface area (Å²) in [6, 6.07) is 29.8. The van der Waals surface area contributed by atoms with Crippen molar-refractivity contribution in [2.45, 2.75) is 156 Å². The van der Waals surface area contributed by atoms with Crippen molar-refractivity contribution in [2.24, 2.45) is 17.2 Å². The lowest BCUT2D eigenvalue weighted by Gasteiger charge is -2.17. The number of benzene rings is 6. The van der Waals surface area contributed by atoms with Crippen molar-refractivity contribution in [2.75, 3.05) is 76.5 Å². The van der Waals surface area contributed by atoms with Crippen LogP contribution in [0.25, 0.3) is 65.8 Å². The van der Waals surface area contributed by atoms with Crippen molar-refractivity contribution in [1.82, 2.24) is 43.6 Å². The number of unbranched alkanes of at least 4 members (excludes halogenated alkanes) is 3. The Morgan fingerprint density at radius 3 is 1.00 bits per heavy atom. The van der Waals surface area contributed by atoms with Gasteiger partial charge in [-0.3, -0.25) is 39.1 Å². The SMILES string of the molecule is CCCCc1nc2c(N)nc3ccc(CCCOCCCN)cc3c2n1Cc1cc(O)ccc1OP(=O)(O)O.CCCCc1nc2c(N)nc3ccc(CCCOCCCN)cc3c2n1Cc1cc(OP(=O)(O)O)ccc1O.CCCCc1nc2c(N)nc3ccc(CCCOCCCN)cc3c2n1Cc1cc(OP(=O)(O)O)ccc1OP(=O)(O)O. The van der Waals surface area contributed by atoms with Crippen LogP contribution in [0, 0.1) is 0 Å². The molecule has 0 saturated carbocycles. The number of rotatable bonds is 44. The lowest BCUT2D eigenvalue weighted by Crippen LogP contribution is -2.08. The molecule has 0 aliphatic carbocycles. The van der Waals surface area contributed by atoms with Gasteiger partial charge in [0.1, 0.15) is 68.5 Å². The van der Waals surface area contributed by atoms with Gasteiger partial charge in [0.2, 0.25) is 0 Å². The number of aromatic hydroxyl groups is 2. The minimum Gasteiger partial charge on any atom is -0.508 e. The number of phenols is 2. The minimum atomic E-state index is -4.98. The number of hydrogen-bond donors (Lipinski definition) is 16. The van der Waals surface area contributed by atoms with Crippen LogP contribution >= 0.6 is 31.3 Å². The highest BCUT2D eigenvalue weighted by Gasteiger charge is 2.28. The van der Waals surface area contributed by atoms with Crippen LogP contribution in [0.15, 0.2) is 109 Å². The van der Waals surface area contributed by atoms with E-state index in [2.05, 4.69) is 40.9 Å². The molecule has 6 aromatic carbocycles. The fourth-order valence-electron chi connectivity index (χ4n) is 14.0. The molecule has 0 saturated heterocycles. The van der Waals surface area contributed by atoms with Crippen molar-refractivity contribution < 1.29 is 99.9 Å². The number of aryl methyl sites for hydroxylation is 6. The van der Waals surface area contributed by atoms with Gasteiger partial charge in [0, 0.05) is 91.8 Å². The van der Waals surface area contributed by atoms with Crippen molar-refractivity contribution in [3.8, 4) is 34.5 Å². The second-order valence-electron chi connectivity index (χ2n) is 29.0. The van der Waals surface area contributed by atoms with Crippen LogP contribution in [0.2, 0.25) is 0 Å². The number of aromatic nitrogens is 9. The first-order chi connectivity index (χ1) is 57.8. The summed E-state index contributed by atoms with van der Waals surface area (Å²) in [7, 11) is -19.5. The van der Waals surface area contributed by atoms with Gasteiger partial charge in [0.05, 0.1) is 52.7 Å². The third-order valence-electron chi connectivity index (χ3n) is 19.5. The smallest absolute Gasteiger partial charge is 0.508 e. The molecule has 0 radical (unpaired) electrons. The Bertz CT molecular complexity index is 5730. The highest BCUT2D eigenvalue weighted by Crippen LogP contribution is 2.46. The standard InChI is InChI=1S/C27H37N5O9P2.2C27H36N5O6P/c1-2-3-7-24-31-25-26(21-15-18(6-4-13-39-14-5-12-28)8-10-22(21)30-27(25)29)32(24)17-19-16-20(40-42(33,34)35)9-11-23(19)41-43(36,37)38;1-2-3-7-24-31-25-26(32(24)17-19-16-20(9-11-23(19)33)38-39(34,35)36)21-15-18(6-4-13-37-14-5-12-28)8-10-22(21)30-27(25)29;1-2-3-7-24-31-25-26(32(24)17-19-16-20(33)9-11-23(19)38-39(34,35)36)21-15-18(6-4-13-37-14-5-12-28)8-10-22(21)30-27(25)29/h8-11,15-16H,2-7,12-14,17,28H2,1H3,(H2,29,30)(H2,33,34,35)(H2,36,37,38);2*8-11,15-16,33H,2-7,12-14,17,28H2,1H3,(H2,29,30)(H2,34,35,36). The number of phosphoric ester groups is 4. The molecule has 6 heterocycles. The van der Waals surface area contributed by atoms with E-state index in [0.717, 1.165) is 163 Å². The van der Waals surface area contributed by atoms with Gasteiger partial charge in [0.15, 0.2) is 17.5 Å². The summed E-state index contributed by atoms with van der Waals surface area (Å²) >= 11 is 0.